The fourth-order valence-electron chi connectivity index (χ4n) is 2.31. The number of rotatable bonds is 7. The minimum Gasteiger partial charge on any atom is -0.380 e. The molecule has 0 fully saturated rings. The third-order valence-electron chi connectivity index (χ3n) is 3.20. The lowest BCUT2D eigenvalue weighted by Gasteiger charge is -2.11. The standard InChI is InChI=1S/C15H21NO/c1-2-3-9-17-10-8-16-15-11-13-6-4-5-7-14(13)12-15/h2,4-7,15-16H,1,3,8-12H2. The van der Waals surface area contributed by atoms with Gasteiger partial charge in [0.25, 0.3) is 0 Å². The molecular formula is C15H21NO. The molecule has 0 saturated heterocycles. The summed E-state index contributed by atoms with van der Waals surface area (Å²) in [6.45, 7) is 6.19. The number of hydrogen-bond donors (Lipinski definition) is 1. The van der Waals surface area contributed by atoms with E-state index in [2.05, 4.69) is 36.2 Å². The predicted molar refractivity (Wildman–Crippen MR) is 71.3 cm³/mol. The topological polar surface area (TPSA) is 21.3 Å². The van der Waals surface area contributed by atoms with Crippen molar-refractivity contribution in [2.24, 2.45) is 0 Å². The molecule has 0 unspecified atom stereocenters. The first-order chi connectivity index (χ1) is 8.40. The van der Waals surface area contributed by atoms with Gasteiger partial charge in [0.15, 0.2) is 0 Å². The highest BCUT2D eigenvalue weighted by molar-refractivity contribution is 5.33. The fourth-order valence-corrected chi connectivity index (χ4v) is 2.31. The Bertz CT molecular complexity index is 337. The molecule has 1 aromatic carbocycles. The molecule has 1 aliphatic rings. The first-order valence-corrected chi connectivity index (χ1v) is 6.39. The summed E-state index contributed by atoms with van der Waals surface area (Å²) >= 11 is 0. The van der Waals surface area contributed by atoms with Crippen LogP contribution < -0.4 is 5.32 Å². The average molecular weight is 231 g/mol. The second-order valence-electron chi connectivity index (χ2n) is 4.52. The summed E-state index contributed by atoms with van der Waals surface area (Å²) in [7, 11) is 0. The fraction of sp³-hybridized carbons (Fsp3) is 0.467. The van der Waals surface area contributed by atoms with Crippen LogP contribution in [0.3, 0.4) is 0 Å². The van der Waals surface area contributed by atoms with Gasteiger partial charge in [-0.05, 0) is 30.4 Å². The van der Waals surface area contributed by atoms with Crippen LogP contribution in [-0.4, -0.2) is 25.8 Å². The van der Waals surface area contributed by atoms with Gasteiger partial charge in [0, 0.05) is 12.6 Å². The predicted octanol–water partition coefficient (Wildman–Crippen LogP) is 2.34. The Morgan fingerprint density at radius 2 is 1.94 bits per heavy atom. The van der Waals surface area contributed by atoms with Gasteiger partial charge in [-0.25, -0.2) is 0 Å². The van der Waals surface area contributed by atoms with Crippen LogP contribution >= 0.6 is 0 Å². The van der Waals surface area contributed by atoms with E-state index >= 15 is 0 Å². The van der Waals surface area contributed by atoms with Gasteiger partial charge in [0.2, 0.25) is 0 Å². The lowest BCUT2D eigenvalue weighted by atomic mass is 10.1. The molecule has 0 amide bonds. The molecule has 0 radical (unpaired) electrons. The van der Waals surface area contributed by atoms with Crippen LogP contribution in [0.5, 0.6) is 0 Å². The SMILES string of the molecule is C=CCCOCCNC1Cc2ccccc2C1. The minimum atomic E-state index is 0.593. The van der Waals surface area contributed by atoms with Crippen LogP contribution in [0.1, 0.15) is 17.5 Å². The number of fused-ring (bicyclic) bond motifs is 1. The minimum absolute atomic E-state index is 0.593. The highest BCUT2D eigenvalue weighted by Crippen LogP contribution is 2.21. The van der Waals surface area contributed by atoms with Gasteiger partial charge in [-0.2, -0.15) is 0 Å². The molecule has 1 N–H and O–H groups in total. The Labute approximate surface area is 104 Å². The van der Waals surface area contributed by atoms with E-state index in [4.69, 9.17) is 4.74 Å². The van der Waals surface area contributed by atoms with Crippen molar-refractivity contribution < 1.29 is 4.74 Å². The van der Waals surface area contributed by atoms with E-state index in [9.17, 15) is 0 Å². The summed E-state index contributed by atoms with van der Waals surface area (Å²) < 4.78 is 5.48. The Morgan fingerprint density at radius 3 is 2.59 bits per heavy atom. The maximum atomic E-state index is 5.48. The van der Waals surface area contributed by atoms with E-state index in [0.29, 0.717) is 6.04 Å². The quantitative estimate of drug-likeness (QED) is 0.574. The average Bonchev–Trinajstić information content (AvgIpc) is 2.76. The van der Waals surface area contributed by atoms with Crippen molar-refractivity contribution in [2.75, 3.05) is 19.8 Å². The smallest absolute Gasteiger partial charge is 0.0591 e. The summed E-state index contributed by atoms with van der Waals surface area (Å²) in [5.41, 5.74) is 3.00. The van der Waals surface area contributed by atoms with Crippen molar-refractivity contribution in [3.8, 4) is 0 Å². The highest BCUT2D eigenvalue weighted by Gasteiger charge is 2.19. The number of benzene rings is 1. The molecule has 17 heavy (non-hydrogen) atoms. The molecule has 92 valence electrons. The Hall–Kier alpha value is -1.12. The van der Waals surface area contributed by atoms with E-state index in [1.807, 2.05) is 6.08 Å². The third kappa shape index (κ3) is 3.69. The molecule has 0 saturated carbocycles. The van der Waals surface area contributed by atoms with Crippen LogP contribution in [0.15, 0.2) is 36.9 Å². The second kappa shape index (κ2) is 6.58. The molecule has 2 nitrogen and oxygen atoms in total. The van der Waals surface area contributed by atoms with E-state index in [-0.39, 0.29) is 0 Å². The lowest BCUT2D eigenvalue weighted by Crippen LogP contribution is -2.32. The van der Waals surface area contributed by atoms with Crippen molar-refractivity contribution >= 4 is 0 Å². The van der Waals surface area contributed by atoms with Crippen LogP contribution in [-0.2, 0) is 17.6 Å². The zero-order valence-corrected chi connectivity index (χ0v) is 10.3. The number of nitrogens with one attached hydrogen (secondary N) is 1. The monoisotopic (exact) mass is 231 g/mol. The van der Waals surface area contributed by atoms with Crippen LogP contribution in [0, 0.1) is 0 Å². The van der Waals surface area contributed by atoms with Gasteiger partial charge in [-0.15, -0.1) is 6.58 Å². The molecule has 1 aliphatic carbocycles. The number of hydrogen-bond acceptors (Lipinski definition) is 2. The van der Waals surface area contributed by atoms with E-state index in [1.165, 1.54) is 11.1 Å². The van der Waals surface area contributed by atoms with Crippen molar-refractivity contribution in [3.05, 3.63) is 48.0 Å². The maximum absolute atomic E-state index is 5.48. The van der Waals surface area contributed by atoms with Crippen LogP contribution in [0.4, 0.5) is 0 Å². The van der Waals surface area contributed by atoms with Gasteiger partial charge < -0.3 is 10.1 Å². The molecule has 0 aliphatic heterocycles. The normalized spacial score (nSPS) is 14.8. The van der Waals surface area contributed by atoms with Crippen LogP contribution in [0.25, 0.3) is 0 Å². The first kappa shape index (κ1) is 12.3. The summed E-state index contributed by atoms with van der Waals surface area (Å²) in [6.07, 6.45) is 5.14. The Balaban J connectivity index is 1.62. The van der Waals surface area contributed by atoms with Gasteiger partial charge in [0.1, 0.15) is 0 Å². The Morgan fingerprint density at radius 1 is 1.24 bits per heavy atom. The van der Waals surface area contributed by atoms with E-state index in [1.54, 1.807) is 0 Å². The number of ether oxygens (including phenoxy) is 1. The van der Waals surface area contributed by atoms with Crippen molar-refractivity contribution in [2.45, 2.75) is 25.3 Å². The van der Waals surface area contributed by atoms with Crippen molar-refractivity contribution in [1.82, 2.24) is 5.32 Å². The van der Waals surface area contributed by atoms with Gasteiger partial charge in [0.05, 0.1) is 13.2 Å². The molecule has 0 spiro atoms. The Kier molecular flexibility index (Phi) is 4.77. The summed E-state index contributed by atoms with van der Waals surface area (Å²) in [5, 5.41) is 3.55. The molecular weight excluding hydrogens is 210 g/mol. The van der Waals surface area contributed by atoms with Crippen LogP contribution in [0.2, 0.25) is 0 Å². The third-order valence-corrected chi connectivity index (χ3v) is 3.20. The molecule has 0 aromatic heterocycles. The van der Waals surface area contributed by atoms with Crippen molar-refractivity contribution in [1.29, 1.82) is 0 Å². The summed E-state index contributed by atoms with van der Waals surface area (Å²) in [5.74, 6) is 0. The van der Waals surface area contributed by atoms with E-state index in [0.717, 1.165) is 39.0 Å². The van der Waals surface area contributed by atoms with Gasteiger partial charge >= 0.3 is 0 Å². The van der Waals surface area contributed by atoms with Gasteiger partial charge in [-0.3, -0.25) is 0 Å². The largest absolute Gasteiger partial charge is 0.380 e. The first-order valence-electron chi connectivity index (χ1n) is 6.39. The van der Waals surface area contributed by atoms with E-state index < -0.39 is 0 Å². The molecule has 2 rings (SSSR count). The zero-order chi connectivity index (χ0) is 11.9. The summed E-state index contributed by atoms with van der Waals surface area (Å²) in [6, 6.07) is 9.31. The lowest BCUT2D eigenvalue weighted by molar-refractivity contribution is 0.138. The molecule has 0 heterocycles. The zero-order valence-electron chi connectivity index (χ0n) is 10.3. The molecule has 0 bridgehead atoms. The molecule has 0 atom stereocenters. The molecule has 1 aromatic rings. The summed E-state index contributed by atoms with van der Waals surface area (Å²) in [4.78, 5) is 0. The van der Waals surface area contributed by atoms with Gasteiger partial charge in [-0.1, -0.05) is 30.3 Å². The second-order valence-corrected chi connectivity index (χ2v) is 4.52. The van der Waals surface area contributed by atoms with Crippen molar-refractivity contribution in [3.63, 3.8) is 0 Å². The maximum Gasteiger partial charge on any atom is 0.0591 e. The highest BCUT2D eigenvalue weighted by atomic mass is 16.5. The molecule has 2 heteroatoms.